The summed E-state index contributed by atoms with van der Waals surface area (Å²) in [5, 5.41) is 0. The fourth-order valence-corrected chi connectivity index (χ4v) is 2.89. The minimum Gasteiger partial charge on any atom is -0.326 e. The van der Waals surface area contributed by atoms with Crippen LogP contribution in [0.15, 0.2) is 54.6 Å². The first-order valence-corrected chi connectivity index (χ1v) is 8.03. The lowest BCUT2D eigenvalue weighted by Crippen LogP contribution is -2.32. The molecule has 0 spiro atoms. The second-order valence-electron chi connectivity index (χ2n) is 4.71. The maximum Gasteiger partial charge on any atom is 0.301 e. The Kier molecular flexibility index (Phi) is 4.95. The summed E-state index contributed by atoms with van der Waals surface area (Å²) in [6.07, 6.45) is 0. The molecule has 0 unspecified atom stereocenters. The van der Waals surface area contributed by atoms with E-state index in [2.05, 4.69) is 4.72 Å². The van der Waals surface area contributed by atoms with Gasteiger partial charge in [0.1, 0.15) is 0 Å². The highest BCUT2D eigenvalue weighted by molar-refractivity contribution is 7.90. The topological polar surface area (TPSA) is 75.4 Å². The number of nitrogens with zero attached hydrogens (tertiary/aromatic N) is 1. The van der Waals surface area contributed by atoms with E-state index in [1.54, 1.807) is 25.2 Å². The van der Waals surface area contributed by atoms with E-state index in [9.17, 15) is 8.42 Å². The monoisotopic (exact) mass is 305 g/mol. The van der Waals surface area contributed by atoms with Crippen LogP contribution in [-0.2, 0) is 23.3 Å². The lowest BCUT2D eigenvalue weighted by molar-refractivity contribution is 0.471. The van der Waals surface area contributed by atoms with Gasteiger partial charge in [-0.15, -0.1) is 0 Å². The predicted octanol–water partition coefficient (Wildman–Crippen LogP) is 1.93. The molecule has 2 rings (SSSR count). The van der Waals surface area contributed by atoms with Gasteiger partial charge in [0.05, 0.1) is 5.69 Å². The quantitative estimate of drug-likeness (QED) is 0.856. The smallest absolute Gasteiger partial charge is 0.301 e. The van der Waals surface area contributed by atoms with E-state index in [1.165, 1.54) is 4.31 Å². The van der Waals surface area contributed by atoms with Gasteiger partial charge in [-0.1, -0.05) is 48.5 Å². The van der Waals surface area contributed by atoms with Gasteiger partial charge in [-0.05, 0) is 17.2 Å². The van der Waals surface area contributed by atoms with Gasteiger partial charge in [-0.25, -0.2) is 0 Å². The van der Waals surface area contributed by atoms with Gasteiger partial charge in [0, 0.05) is 20.1 Å². The van der Waals surface area contributed by atoms with Crippen LogP contribution in [0.1, 0.15) is 11.1 Å². The first kappa shape index (κ1) is 15.5. The third-order valence-corrected chi connectivity index (χ3v) is 4.56. The molecule has 0 radical (unpaired) electrons. The number of nitrogens with one attached hydrogen (secondary N) is 1. The van der Waals surface area contributed by atoms with Crippen LogP contribution in [0, 0.1) is 0 Å². The molecule has 0 aliphatic rings. The van der Waals surface area contributed by atoms with Crippen molar-refractivity contribution in [1.29, 1.82) is 0 Å². The van der Waals surface area contributed by atoms with Gasteiger partial charge in [0.25, 0.3) is 0 Å². The summed E-state index contributed by atoms with van der Waals surface area (Å²) in [5.41, 5.74) is 7.82. The summed E-state index contributed by atoms with van der Waals surface area (Å²) in [7, 11) is -2.07. The van der Waals surface area contributed by atoms with Crippen LogP contribution in [0.25, 0.3) is 0 Å². The summed E-state index contributed by atoms with van der Waals surface area (Å²) < 4.78 is 28.5. The minimum absolute atomic E-state index is 0.279. The van der Waals surface area contributed by atoms with Crippen molar-refractivity contribution < 1.29 is 8.42 Å². The van der Waals surface area contributed by atoms with Gasteiger partial charge in [-0.2, -0.15) is 12.7 Å². The Balaban J connectivity index is 2.14. The fraction of sp³-hybridized carbons (Fsp3) is 0.200. The molecule has 3 N–H and O–H groups in total. The van der Waals surface area contributed by atoms with Crippen molar-refractivity contribution >= 4 is 15.9 Å². The van der Waals surface area contributed by atoms with Crippen molar-refractivity contribution in [2.75, 3.05) is 11.8 Å². The Bertz CT molecular complexity index is 687. The van der Waals surface area contributed by atoms with Crippen LogP contribution >= 0.6 is 0 Å². The van der Waals surface area contributed by atoms with Gasteiger partial charge in [0.15, 0.2) is 0 Å². The maximum absolute atomic E-state index is 12.3. The number of hydrogen-bond acceptors (Lipinski definition) is 3. The highest BCUT2D eigenvalue weighted by atomic mass is 32.2. The molecule has 0 amide bonds. The fourth-order valence-electron chi connectivity index (χ4n) is 1.94. The zero-order valence-electron chi connectivity index (χ0n) is 11.9. The van der Waals surface area contributed by atoms with Gasteiger partial charge >= 0.3 is 10.2 Å². The summed E-state index contributed by atoms with van der Waals surface area (Å²) in [6, 6.07) is 16.5. The van der Waals surface area contributed by atoms with E-state index in [0.29, 0.717) is 12.2 Å². The molecule has 0 aromatic heterocycles. The second-order valence-corrected chi connectivity index (χ2v) is 6.49. The molecule has 0 aliphatic heterocycles. The highest BCUT2D eigenvalue weighted by Gasteiger charge is 2.18. The molecule has 21 heavy (non-hydrogen) atoms. The van der Waals surface area contributed by atoms with Crippen LogP contribution < -0.4 is 10.5 Å². The molecule has 112 valence electrons. The molecule has 0 fully saturated rings. The number of rotatable bonds is 6. The normalized spacial score (nSPS) is 11.6. The molecule has 0 bridgehead atoms. The molecule has 0 saturated heterocycles. The number of hydrogen-bond donors (Lipinski definition) is 2. The predicted molar refractivity (Wildman–Crippen MR) is 84.8 cm³/mol. The van der Waals surface area contributed by atoms with Crippen molar-refractivity contribution in [2.24, 2.45) is 5.73 Å². The number of para-hydroxylation sites is 1. The lowest BCUT2D eigenvalue weighted by Gasteiger charge is -2.19. The summed E-state index contributed by atoms with van der Waals surface area (Å²) in [5.74, 6) is 0. The van der Waals surface area contributed by atoms with Crippen molar-refractivity contribution in [3.63, 3.8) is 0 Å². The molecular weight excluding hydrogens is 286 g/mol. The van der Waals surface area contributed by atoms with E-state index >= 15 is 0 Å². The molecule has 2 aromatic rings. The minimum atomic E-state index is -3.62. The van der Waals surface area contributed by atoms with Crippen LogP contribution in [0.4, 0.5) is 5.69 Å². The van der Waals surface area contributed by atoms with Crippen LogP contribution in [0.5, 0.6) is 0 Å². The van der Waals surface area contributed by atoms with E-state index < -0.39 is 10.2 Å². The largest absolute Gasteiger partial charge is 0.326 e. The Morgan fingerprint density at radius 2 is 1.67 bits per heavy atom. The van der Waals surface area contributed by atoms with E-state index in [1.807, 2.05) is 36.4 Å². The van der Waals surface area contributed by atoms with E-state index in [-0.39, 0.29) is 6.54 Å². The van der Waals surface area contributed by atoms with Gasteiger partial charge < -0.3 is 5.73 Å². The molecule has 6 heteroatoms. The van der Waals surface area contributed by atoms with Gasteiger partial charge in [0.2, 0.25) is 0 Å². The number of nitrogens with two attached hydrogens (primary N) is 1. The molecule has 0 aliphatic carbocycles. The van der Waals surface area contributed by atoms with Crippen molar-refractivity contribution in [2.45, 2.75) is 13.1 Å². The maximum atomic E-state index is 12.3. The lowest BCUT2D eigenvalue weighted by atomic mass is 10.2. The standard InChI is InChI=1S/C15H19N3O2S/c1-18(12-13-7-3-2-4-8-13)21(19,20)17-15-10-6-5-9-14(15)11-16/h2-10,17H,11-12,16H2,1H3. The van der Waals surface area contributed by atoms with Crippen LogP contribution in [0.2, 0.25) is 0 Å². The van der Waals surface area contributed by atoms with Crippen LogP contribution in [0.3, 0.4) is 0 Å². The van der Waals surface area contributed by atoms with Crippen LogP contribution in [-0.4, -0.2) is 19.8 Å². The Labute approximate surface area is 125 Å². The first-order chi connectivity index (χ1) is 10.0. The zero-order valence-corrected chi connectivity index (χ0v) is 12.7. The molecule has 0 atom stereocenters. The summed E-state index contributed by atoms with van der Waals surface area (Å²) in [4.78, 5) is 0. The average molecular weight is 305 g/mol. The highest BCUT2D eigenvalue weighted by Crippen LogP contribution is 2.17. The SMILES string of the molecule is CN(Cc1ccccc1)S(=O)(=O)Nc1ccccc1CN. The average Bonchev–Trinajstić information content (AvgIpc) is 2.48. The summed E-state index contributed by atoms with van der Waals surface area (Å²) >= 11 is 0. The van der Waals surface area contributed by atoms with E-state index in [4.69, 9.17) is 5.73 Å². The third kappa shape index (κ3) is 4.04. The first-order valence-electron chi connectivity index (χ1n) is 6.59. The summed E-state index contributed by atoms with van der Waals surface area (Å²) in [6.45, 7) is 0.585. The van der Waals surface area contributed by atoms with Crippen molar-refractivity contribution in [1.82, 2.24) is 4.31 Å². The third-order valence-electron chi connectivity index (χ3n) is 3.13. The van der Waals surface area contributed by atoms with Crippen molar-refractivity contribution in [3.8, 4) is 0 Å². The molecule has 0 saturated carbocycles. The van der Waals surface area contributed by atoms with Crippen molar-refractivity contribution in [3.05, 3.63) is 65.7 Å². The van der Waals surface area contributed by atoms with Gasteiger partial charge in [-0.3, -0.25) is 4.72 Å². The Morgan fingerprint density at radius 3 is 2.33 bits per heavy atom. The molecule has 0 heterocycles. The Morgan fingerprint density at radius 1 is 1.05 bits per heavy atom. The molecule has 5 nitrogen and oxygen atoms in total. The molecular formula is C15H19N3O2S. The zero-order chi connectivity index (χ0) is 15.3. The molecule has 2 aromatic carbocycles. The second kappa shape index (κ2) is 6.71. The number of benzene rings is 2. The van der Waals surface area contributed by atoms with E-state index in [0.717, 1.165) is 11.1 Å². The Hall–Kier alpha value is -1.89. The number of anilines is 1.